The molecule has 0 aliphatic carbocycles. The number of carbonyl (C=O) groups is 1. The number of nitrogens with zero attached hydrogens (tertiary/aromatic N) is 1. The van der Waals surface area contributed by atoms with Gasteiger partial charge in [-0.1, -0.05) is 17.7 Å². The highest BCUT2D eigenvalue weighted by molar-refractivity contribution is 6.31. The summed E-state index contributed by atoms with van der Waals surface area (Å²) < 4.78 is 0. The average molecular weight is 268 g/mol. The average Bonchev–Trinajstić information content (AvgIpc) is 2.71. The van der Waals surface area contributed by atoms with Gasteiger partial charge in [-0.3, -0.25) is 4.90 Å². The Bertz CT molecular complexity index is 450. The first-order valence-corrected chi connectivity index (χ1v) is 6.48. The molecule has 2 amide bonds. The Morgan fingerprint density at radius 2 is 2.33 bits per heavy atom. The van der Waals surface area contributed by atoms with Crippen LogP contribution >= 0.6 is 11.6 Å². The highest BCUT2D eigenvalue weighted by atomic mass is 35.5. The first kappa shape index (κ1) is 13.2. The molecule has 1 aliphatic rings. The third-order valence-corrected chi connectivity index (χ3v) is 3.59. The zero-order valence-electron chi connectivity index (χ0n) is 10.7. The lowest BCUT2D eigenvalue weighted by atomic mass is 10.2. The summed E-state index contributed by atoms with van der Waals surface area (Å²) in [6.45, 7) is 3.54. The first-order valence-electron chi connectivity index (χ1n) is 6.10. The van der Waals surface area contributed by atoms with Crippen molar-refractivity contribution < 1.29 is 4.79 Å². The number of hydrogen-bond donors (Lipinski definition) is 2. The van der Waals surface area contributed by atoms with Crippen LogP contribution < -0.4 is 15.5 Å². The second kappa shape index (κ2) is 5.59. The number of carbonyl (C=O) groups excluding carboxylic acids is 1. The van der Waals surface area contributed by atoms with Crippen LogP contribution in [0.1, 0.15) is 12.0 Å². The molecule has 4 nitrogen and oxygen atoms in total. The quantitative estimate of drug-likeness (QED) is 0.878. The molecule has 2 N–H and O–H groups in total. The van der Waals surface area contributed by atoms with Crippen LogP contribution in [0.4, 0.5) is 10.5 Å². The fourth-order valence-corrected chi connectivity index (χ4v) is 2.23. The van der Waals surface area contributed by atoms with Gasteiger partial charge in [0.2, 0.25) is 0 Å². The molecule has 1 aromatic carbocycles. The van der Waals surface area contributed by atoms with Crippen molar-refractivity contribution in [3.63, 3.8) is 0 Å². The molecular weight excluding hydrogens is 250 g/mol. The van der Waals surface area contributed by atoms with E-state index in [9.17, 15) is 4.79 Å². The van der Waals surface area contributed by atoms with E-state index in [1.165, 1.54) is 0 Å². The lowest BCUT2D eigenvalue weighted by Gasteiger charge is -2.15. The van der Waals surface area contributed by atoms with Gasteiger partial charge >= 0.3 is 6.03 Å². The van der Waals surface area contributed by atoms with Crippen molar-refractivity contribution in [3.8, 4) is 0 Å². The lowest BCUT2D eigenvalue weighted by molar-refractivity contribution is 0.250. The smallest absolute Gasteiger partial charge is 0.322 e. The Balaban J connectivity index is 2.09. The number of benzene rings is 1. The topological polar surface area (TPSA) is 44.4 Å². The van der Waals surface area contributed by atoms with Crippen LogP contribution in [-0.2, 0) is 0 Å². The summed E-state index contributed by atoms with van der Waals surface area (Å²) in [7, 11) is 1.91. The van der Waals surface area contributed by atoms with Crippen LogP contribution in [0.25, 0.3) is 0 Å². The Labute approximate surface area is 112 Å². The molecule has 0 spiro atoms. The molecule has 0 aromatic heterocycles. The maximum atomic E-state index is 11.9. The van der Waals surface area contributed by atoms with Crippen molar-refractivity contribution in [1.29, 1.82) is 0 Å². The summed E-state index contributed by atoms with van der Waals surface area (Å²) in [5.41, 5.74) is 1.88. The Kier molecular flexibility index (Phi) is 4.09. The summed E-state index contributed by atoms with van der Waals surface area (Å²) in [5, 5.41) is 6.76. The molecule has 1 aliphatic heterocycles. The van der Waals surface area contributed by atoms with Crippen molar-refractivity contribution in [1.82, 2.24) is 10.6 Å². The van der Waals surface area contributed by atoms with Crippen molar-refractivity contribution in [2.75, 3.05) is 25.0 Å². The van der Waals surface area contributed by atoms with Crippen LogP contribution in [0.15, 0.2) is 18.2 Å². The maximum Gasteiger partial charge on any atom is 0.322 e. The Hall–Kier alpha value is -1.26. The third kappa shape index (κ3) is 2.76. The molecule has 98 valence electrons. The van der Waals surface area contributed by atoms with E-state index < -0.39 is 0 Å². The van der Waals surface area contributed by atoms with E-state index in [0.29, 0.717) is 11.6 Å². The van der Waals surface area contributed by atoms with Gasteiger partial charge in [-0.2, -0.15) is 0 Å². The number of urea groups is 1. The molecule has 5 heteroatoms. The number of rotatable bonds is 4. The number of amides is 2. The molecule has 2 rings (SSSR count). The maximum absolute atomic E-state index is 11.9. The van der Waals surface area contributed by atoms with Gasteiger partial charge in [-0.05, 0) is 44.6 Å². The first-order chi connectivity index (χ1) is 8.61. The highest BCUT2D eigenvalue weighted by Gasteiger charge is 2.29. The van der Waals surface area contributed by atoms with E-state index in [2.05, 4.69) is 10.6 Å². The van der Waals surface area contributed by atoms with Gasteiger partial charge in [0.1, 0.15) is 0 Å². The minimum atomic E-state index is -0.0453. The SMILES string of the molecule is CNCCC1CN(c2ccc(C)c(Cl)c2)C(=O)N1. The predicted octanol–water partition coefficient (Wildman–Crippen LogP) is 2.16. The number of hydrogen-bond acceptors (Lipinski definition) is 2. The minimum Gasteiger partial charge on any atom is -0.333 e. The standard InChI is InChI=1S/C13H18ClN3O/c1-9-3-4-11(7-12(9)14)17-8-10(5-6-15-2)16-13(17)18/h3-4,7,10,15H,5-6,8H2,1-2H3,(H,16,18). The molecular formula is C13H18ClN3O. The van der Waals surface area contributed by atoms with Crippen LogP contribution in [0.5, 0.6) is 0 Å². The molecule has 1 atom stereocenters. The summed E-state index contributed by atoms with van der Waals surface area (Å²) in [6.07, 6.45) is 0.929. The molecule has 0 saturated carbocycles. The normalized spacial score (nSPS) is 19.2. The van der Waals surface area contributed by atoms with E-state index >= 15 is 0 Å². The van der Waals surface area contributed by atoms with Gasteiger partial charge in [-0.25, -0.2) is 4.79 Å². The molecule has 1 saturated heterocycles. The molecule has 1 heterocycles. The van der Waals surface area contributed by atoms with Crippen molar-refractivity contribution in [3.05, 3.63) is 28.8 Å². The van der Waals surface area contributed by atoms with E-state index in [1.807, 2.05) is 32.2 Å². The fourth-order valence-electron chi connectivity index (χ4n) is 2.06. The minimum absolute atomic E-state index is 0.0453. The second-order valence-electron chi connectivity index (χ2n) is 4.58. The van der Waals surface area contributed by atoms with Crippen molar-refractivity contribution in [2.45, 2.75) is 19.4 Å². The van der Waals surface area contributed by atoms with E-state index in [0.717, 1.165) is 24.2 Å². The van der Waals surface area contributed by atoms with Gasteiger partial charge in [0.25, 0.3) is 0 Å². The predicted molar refractivity (Wildman–Crippen MR) is 74.4 cm³/mol. The number of nitrogens with one attached hydrogen (secondary N) is 2. The monoisotopic (exact) mass is 267 g/mol. The second-order valence-corrected chi connectivity index (χ2v) is 4.99. The van der Waals surface area contributed by atoms with E-state index in [4.69, 9.17) is 11.6 Å². The van der Waals surface area contributed by atoms with Gasteiger partial charge in [0.05, 0.1) is 0 Å². The number of anilines is 1. The molecule has 1 fully saturated rings. The summed E-state index contributed by atoms with van der Waals surface area (Å²) in [4.78, 5) is 13.6. The van der Waals surface area contributed by atoms with E-state index in [-0.39, 0.29) is 12.1 Å². The molecule has 1 aromatic rings. The highest BCUT2D eigenvalue weighted by Crippen LogP contribution is 2.25. The lowest BCUT2D eigenvalue weighted by Crippen LogP contribution is -2.29. The Morgan fingerprint density at radius 1 is 1.56 bits per heavy atom. The molecule has 1 unspecified atom stereocenters. The number of aryl methyl sites for hydroxylation is 1. The van der Waals surface area contributed by atoms with Gasteiger partial charge in [0, 0.05) is 23.3 Å². The largest absolute Gasteiger partial charge is 0.333 e. The summed E-state index contributed by atoms with van der Waals surface area (Å²) in [5.74, 6) is 0. The zero-order chi connectivity index (χ0) is 13.1. The van der Waals surface area contributed by atoms with E-state index in [1.54, 1.807) is 4.90 Å². The van der Waals surface area contributed by atoms with Crippen LogP contribution in [0.2, 0.25) is 5.02 Å². The van der Waals surface area contributed by atoms with Crippen LogP contribution in [0.3, 0.4) is 0 Å². The number of halogens is 1. The van der Waals surface area contributed by atoms with Crippen molar-refractivity contribution in [2.24, 2.45) is 0 Å². The third-order valence-electron chi connectivity index (χ3n) is 3.19. The van der Waals surface area contributed by atoms with Crippen LogP contribution in [-0.4, -0.2) is 32.2 Å². The van der Waals surface area contributed by atoms with Gasteiger partial charge < -0.3 is 10.6 Å². The zero-order valence-corrected chi connectivity index (χ0v) is 11.4. The van der Waals surface area contributed by atoms with Crippen molar-refractivity contribution >= 4 is 23.3 Å². The summed E-state index contributed by atoms with van der Waals surface area (Å²) in [6, 6.07) is 5.87. The van der Waals surface area contributed by atoms with Gasteiger partial charge in [0.15, 0.2) is 0 Å². The fraction of sp³-hybridized carbons (Fsp3) is 0.462. The van der Waals surface area contributed by atoms with Crippen LogP contribution in [0, 0.1) is 6.92 Å². The van der Waals surface area contributed by atoms with Gasteiger partial charge in [-0.15, -0.1) is 0 Å². The molecule has 0 radical (unpaired) electrons. The Morgan fingerprint density at radius 3 is 3.00 bits per heavy atom. The molecule has 18 heavy (non-hydrogen) atoms. The summed E-state index contributed by atoms with van der Waals surface area (Å²) >= 11 is 6.09. The molecule has 0 bridgehead atoms.